The minimum atomic E-state index is -0.595. The second kappa shape index (κ2) is 11.9. The van der Waals surface area contributed by atoms with Crippen molar-refractivity contribution in [3.8, 4) is 28.7 Å². The minimum absolute atomic E-state index is 0.171. The normalized spacial score (nSPS) is 10.2. The molecule has 32 heavy (non-hydrogen) atoms. The van der Waals surface area contributed by atoms with Gasteiger partial charge in [0.1, 0.15) is 0 Å². The first kappa shape index (κ1) is 24.9. The summed E-state index contributed by atoms with van der Waals surface area (Å²) in [5, 5.41) is 0.192. The molecule has 0 saturated heterocycles. The van der Waals surface area contributed by atoms with E-state index in [9.17, 15) is 9.59 Å². The van der Waals surface area contributed by atoms with E-state index in [1.54, 1.807) is 0 Å². The molecule has 2 rings (SSSR count). The molecule has 0 aromatic heterocycles. The van der Waals surface area contributed by atoms with E-state index in [1.165, 1.54) is 38.5 Å². The van der Waals surface area contributed by atoms with Gasteiger partial charge >= 0.3 is 0 Å². The van der Waals surface area contributed by atoms with Crippen LogP contribution in [0.25, 0.3) is 0 Å². The number of ether oxygens (including phenoxy) is 5. The molecule has 0 spiro atoms. The standard InChI is InChI=1S/C22H27ClN2O7/c1-6-30-17-11-14(12-18(31-7-2)20(17)32-8-3)22(27)25-24-21(26)13-9-15(23)19(29-5)16(10-13)28-4/h9-12H,6-8H2,1-5H3,(H,24,26)(H,25,27). The van der Waals surface area contributed by atoms with Crippen molar-refractivity contribution in [2.45, 2.75) is 20.8 Å². The number of rotatable bonds is 10. The molecule has 0 atom stereocenters. The van der Waals surface area contributed by atoms with Crippen LogP contribution in [0.2, 0.25) is 5.02 Å². The third-order valence-electron chi connectivity index (χ3n) is 4.16. The molecule has 0 aliphatic rings. The number of amides is 2. The van der Waals surface area contributed by atoms with Crippen LogP contribution in [0.3, 0.4) is 0 Å². The van der Waals surface area contributed by atoms with E-state index in [-0.39, 0.29) is 21.9 Å². The summed E-state index contributed by atoms with van der Waals surface area (Å²) < 4.78 is 27.2. The summed E-state index contributed by atoms with van der Waals surface area (Å²) in [4.78, 5) is 25.2. The zero-order valence-corrected chi connectivity index (χ0v) is 19.4. The van der Waals surface area contributed by atoms with Crippen LogP contribution in [-0.2, 0) is 0 Å². The summed E-state index contributed by atoms with van der Waals surface area (Å²) in [5.74, 6) is 0.558. The van der Waals surface area contributed by atoms with Crippen LogP contribution in [0.5, 0.6) is 28.7 Å². The number of methoxy groups -OCH3 is 2. The van der Waals surface area contributed by atoms with Gasteiger partial charge in [0.25, 0.3) is 11.8 Å². The lowest BCUT2D eigenvalue weighted by Gasteiger charge is -2.17. The highest BCUT2D eigenvalue weighted by molar-refractivity contribution is 6.32. The van der Waals surface area contributed by atoms with Gasteiger partial charge in [-0.25, -0.2) is 0 Å². The third kappa shape index (κ3) is 5.88. The van der Waals surface area contributed by atoms with Crippen LogP contribution in [0, 0.1) is 0 Å². The van der Waals surface area contributed by atoms with E-state index < -0.39 is 11.8 Å². The number of benzene rings is 2. The van der Waals surface area contributed by atoms with Gasteiger partial charge in [0.15, 0.2) is 23.0 Å². The molecule has 0 saturated carbocycles. The minimum Gasteiger partial charge on any atom is -0.493 e. The Morgan fingerprint density at radius 3 is 1.62 bits per heavy atom. The quantitative estimate of drug-likeness (QED) is 0.515. The van der Waals surface area contributed by atoms with E-state index in [1.807, 2.05) is 20.8 Å². The first-order valence-corrected chi connectivity index (χ1v) is 10.4. The van der Waals surface area contributed by atoms with Crippen molar-refractivity contribution in [3.63, 3.8) is 0 Å². The average Bonchev–Trinajstić information content (AvgIpc) is 2.78. The van der Waals surface area contributed by atoms with Crippen LogP contribution in [0.1, 0.15) is 41.5 Å². The van der Waals surface area contributed by atoms with Gasteiger partial charge in [-0.15, -0.1) is 0 Å². The molecule has 2 aromatic rings. The number of halogens is 1. The predicted molar refractivity (Wildman–Crippen MR) is 119 cm³/mol. The monoisotopic (exact) mass is 466 g/mol. The Morgan fingerprint density at radius 2 is 1.19 bits per heavy atom. The molecule has 174 valence electrons. The molecular weight excluding hydrogens is 440 g/mol. The van der Waals surface area contributed by atoms with Gasteiger partial charge < -0.3 is 23.7 Å². The smallest absolute Gasteiger partial charge is 0.269 e. The lowest BCUT2D eigenvalue weighted by atomic mass is 10.1. The summed E-state index contributed by atoms with van der Waals surface area (Å²) in [6.45, 7) is 6.60. The fraction of sp³-hybridized carbons (Fsp3) is 0.364. The van der Waals surface area contributed by atoms with E-state index in [0.29, 0.717) is 42.8 Å². The lowest BCUT2D eigenvalue weighted by molar-refractivity contribution is 0.0846. The Labute approximate surface area is 191 Å². The maximum absolute atomic E-state index is 12.7. The number of nitrogens with one attached hydrogen (secondary N) is 2. The van der Waals surface area contributed by atoms with Crippen molar-refractivity contribution in [2.75, 3.05) is 34.0 Å². The molecule has 2 amide bonds. The maximum Gasteiger partial charge on any atom is 0.269 e. The zero-order chi connectivity index (χ0) is 23.7. The van der Waals surface area contributed by atoms with Gasteiger partial charge in [-0.05, 0) is 45.0 Å². The largest absolute Gasteiger partial charge is 0.493 e. The van der Waals surface area contributed by atoms with Crippen LogP contribution < -0.4 is 34.5 Å². The highest BCUT2D eigenvalue weighted by Gasteiger charge is 2.20. The van der Waals surface area contributed by atoms with E-state index in [2.05, 4.69) is 10.9 Å². The van der Waals surface area contributed by atoms with Crippen LogP contribution >= 0.6 is 11.6 Å². The fourth-order valence-corrected chi connectivity index (χ4v) is 3.11. The Kier molecular flexibility index (Phi) is 9.27. The Hall–Kier alpha value is -3.33. The van der Waals surface area contributed by atoms with Gasteiger partial charge in [-0.3, -0.25) is 20.4 Å². The number of hydrazine groups is 1. The summed E-state index contributed by atoms with van der Waals surface area (Å²) in [6, 6.07) is 5.89. The number of hydrogen-bond donors (Lipinski definition) is 2. The fourth-order valence-electron chi connectivity index (χ4n) is 2.83. The number of hydrogen-bond acceptors (Lipinski definition) is 7. The van der Waals surface area contributed by atoms with Crippen molar-refractivity contribution in [1.29, 1.82) is 0 Å². The molecule has 0 aliphatic carbocycles. The Balaban J connectivity index is 2.23. The van der Waals surface area contributed by atoms with Gasteiger partial charge in [0, 0.05) is 11.1 Å². The summed E-state index contributed by atoms with van der Waals surface area (Å²) in [7, 11) is 2.86. The summed E-state index contributed by atoms with van der Waals surface area (Å²) in [6.07, 6.45) is 0. The molecule has 2 N–H and O–H groups in total. The Morgan fingerprint density at radius 1 is 0.719 bits per heavy atom. The van der Waals surface area contributed by atoms with Crippen molar-refractivity contribution in [2.24, 2.45) is 0 Å². The highest BCUT2D eigenvalue weighted by Crippen LogP contribution is 2.39. The topological polar surface area (TPSA) is 104 Å². The van der Waals surface area contributed by atoms with Crippen molar-refractivity contribution >= 4 is 23.4 Å². The predicted octanol–water partition coefficient (Wildman–Crippen LogP) is 3.63. The zero-order valence-electron chi connectivity index (χ0n) is 18.7. The van der Waals surface area contributed by atoms with Gasteiger partial charge in [0.2, 0.25) is 5.75 Å². The van der Waals surface area contributed by atoms with Crippen LogP contribution in [0.15, 0.2) is 24.3 Å². The molecule has 0 unspecified atom stereocenters. The Bertz CT molecular complexity index is 939. The molecule has 2 aromatic carbocycles. The highest BCUT2D eigenvalue weighted by atomic mass is 35.5. The van der Waals surface area contributed by atoms with Crippen molar-refractivity contribution in [3.05, 3.63) is 40.4 Å². The van der Waals surface area contributed by atoms with E-state index >= 15 is 0 Å². The molecule has 0 aliphatic heterocycles. The van der Waals surface area contributed by atoms with E-state index in [0.717, 1.165) is 0 Å². The molecule has 0 bridgehead atoms. The van der Waals surface area contributed by atoms with Crippen molar-refractivity contribution in [1.82, 2.24) is 10.9 Å². The molecular formula is C22H27ClN2O7. The molecule has 0 radical (unpaired) electrons. The van der Waals surface area contributed by atoms with Gasteiger partial charge in [-0.2, -0.15) is 0 Å². The van der Waals surface area contributed by atoms with Gasteiger partial charge in [0.05, 0.1) is 39.1 Å². The second-order valence-electron chi connectivity index (χ2n) is 6.20. The molecule has 10 heteroatoms. The summed E-state index contributed by atoms with van der Waals surface area (Å²) >= 11 is 6.14. The summed E-state index contributed by atoms with van der Waals surface area (Å²) in [5.41, 5.74) is 5.10. The SMILES string of the molecule is CCOc1cc(C(=O)NNC(=O)c2cc(Cl)c(OC)c(OC)c2)cc(OCC)c1OCC. The lowest BCUT2D eigenvalue weighted by Crippen LogP contribution is -2.41. The molecule has 0 fully saturated rings. The maximum atomic E-state index is 12.7. The number of carbonyl (C=O) groups excluding carboxylic acids is 2. The van der Waals surface area contributed by atoms with Crippen LogP contribution in [-0.4, -0.2) is 45.9 Å². The van der Waals surface area contributed by atoms with Crippen LogP contribution in [0.4, 0.5) is 0 Å². The number of carbonyl (C=O) groups is 2. The van der Waals surface area contributed by atoms with E-state index in [4.69, 9.17) is 35.3 Å². The first-order chi connectivity index (χ1) is 15.4. The second-order valence-corrected chi connectivity index (χ2v) is 6.61. The third-order valence-corrected chi connectivity index (χ3v) is 4.44. The molecule has 0 heterocycles. The van der Waals surface area contributed by atoms with Gasteiger partial charge in [-0.1, -0.05) is 11.6 Å². The van der Waals surface area contributed by atoms with Crippen molar-refractivity contribution < 1.29 is 33.3 Å². The average molecular weight is 467 g/mol. The molecule has 9 nitrogen and oxygen atoms in total. The first-order valence-electron chi connectivity index (χ1n) is 9.98.